The SMILES string of the molecule is CCCOc1ccc(CNC(=O)c2ccc(-c3cnc(NCc4ccccc4)nc3)cc2)cc1. The maximum absolute atomic E-state index is 12.5. The molecule has 0 saturated carbocycles. The van der Waals surface area contributed by atoms with Gasteiger partial charge in [-0.25, -0.2) is 9.97 Å². The van der Waals surface area contributed by atoms with Gasteiger partial charge in [0.1, 0.15) is 5.75 Å². The van der Waals surface area contributed by atoms with Crippen molar-refractivity contribution in [2.24, 2.45) is 0 Å². The smallest absolute Gasteiger partial charge is 0.251 e. The molecular formula is C28H28N4O2. The second-order valence-electron chi connectivity index (χ2n) is 7.89. The van der Waals surface area contributed by atoms with Gasteiger partial charge in [-0.15, -0.1) is 0 Å². The molecule has 0 aliphatic heterocycles. The minimum absolute atomic E-state index is 0.116. The molecule has 3 aromatic carbocycles. The van der Waals surface area contributed by atoms with E-state index in [0.717, 1.165) is 28.9 Å². The van der Waals surface area contributed by atoms with Crippen LogP contribution >= 0.6 is 0 Å². The Morgan fingerprint density at radius 3 is 2.15 bits per heavy atom. The Bertz CT molecular complexity index is 1180. The molecule has 1 aromatic heterocycles. The third-order valence-corrected chi connectivity index (χ3v) is 5.27. The number of amides is 1. The normalized spacial score (nSPS) is 10.5. The van der Waals surface area contributed by atoms with E-state index in [1.165, 1.54) is 5.56 Å². The second-order valence-corrected chi connectivity index (χ2v) is 7.89. The van der Waals surface area contributed by atoms with Crippen LogP contribution in [0.2, 0.25) is 0 Å². The quantitative estimate of drug-likeness (QED) is 0.333. The van der Waals surface area contributed by atoms with Crippen molar-refractivity contribution in [2.75, 3.05) is 11.9 Å². The minimum Gasteiger partial charge on any atom is -0.494 e. The molecule has 0 aliphatic rings. The molecule has 0 unspecified atom stereocenters. The summed E-state index contributed by atoms with van der Waals surface area (Å²) in [5, 5.41) is 6.18. The first-order valence-electron chi connectivity index (χ1n) is 11.4. The zero-order valence-corrected chi connectivity index (χ0v) is 19.2. The zero-order chi connectivity index (χ0) is 23.6. The lowest BCUT2D eigenvalue weighted by Gasteiger charge is -2.09. The molecule has 4 aromatic rings. The topological polar surface area (TPSA) is 76.1 Å². The first kappa shape index (κ1) is 23.0. The average Bonchev–Trinajstić information content (AvgIpc) is 2.91. The largest absolute Gasteiger partial charge is 0.494 e. The van der Waals surface area contributed by atoms with Gasteiger partial charge in [0.2, 0.25) is 5.95 Å². The number of carbonyl (C=O) groups excluding carboxylic acids is 1. The van der Waals surface area contributed by atoms with Gasteiger partial charge in [-0.1, -0.05) is 61.5 Å². The Hall–Kier alpha value is -4.19. The van der Waals surface area contributed by atoms with Crippen molar-refractivity contribution in [2.45, 2.75) is 26.4 Å². The van der Waals surface area contributed by atoms with E-state index >= 15 is 0 Å². The number of hydrogen-bond donors (Lipinski definition) is 2. The highest BCUT2D eigenvalue weighted by Crippen LogP contribution is 2.19. The molecule has 0 saturated heterocycles. The number of anilines is 1. The van der Waals surface area contributed by atoms with E-state index in [1.807, 2.05) is 66.7 Å². The summed E-state index contributed by atoms with van der Waals surface area (Å²) in [4.78, 5) is 21.3. The van der Waals surface area contributed by atoms with Gasteiger partial charge in [0.25, 0.3) is 5.91 Å². The van der Waals surface area contributed by atoms with Crippen LogP contribution in [0.5, 0.6) is 5.75 Å². The molecule has 0 atom stereocenters. The molecule has 4 rings (SSSR count). The van der Waals surface area contributed by atoms with Crippen LogP contribution in [0.4, 0.5) is 5.95 Å². The maximum atomic E-state index is 12.5. The predicted octanol–water partition coefficient (Wildman–Crippen LogP) is 5.47. The molecule has 1 amide bonds. The van der Waals surface area contributed by atoms with Crippen LogP contribution < -0.4 is 15.4 Å². The second kappa shape index (κ2) is 11.6. The summed E-state index contributed by atoms with van der Waals surface area (Å²) in [5.41, 5.74) is 4.64. The summed E-state index contributed by atoms with van der Waals surface area (Å²) in [6, 6.07) is 25.3. The van der Waals surface area contributed by atoms with E-state index in [4.69, 9.17) is 4.74 Å². The van der Waals surface area contributed by atoms with Gasteiger partial charge in [-0.3, -0.25) is 4.79 Å². The Morgan fingerprint density at radius 2 is 1.47 bits per heavy atom. The van der Waals surface area contributed by atoms with Gasteiger partial charge in [0.15, 0.2) is 0 Å². The van der Waals surface area contributed by atoms with Crippen molar-refractivity contribution in [3.8, 4) is 16.9 Å². The summed E-state index contributed by atoms with van der Waals surface area (Å²) in [5.74, 6) is 1.31. The van der Waals surface area contributed by atoms with Crippen molar-refractivity contribution in [1.82, 2.24) is 15.3 Å². The molecule has 34 heavy (non-hydrogen) atoms. The summed E-state index contributed by atoms with van der Waals surface area (Å²) < 4.78 is 5.59. The lowest BCUT2D eigenvalue weighted by molar-refractivity contribution is 0.0951. The van der Waals surface area contributed by atoms with Crippen LogP contribution in [0.3, 0.4) is 0 Å². The van der Waals surface area contributed by atoms with E-state index in [-0.39, 0.29) is 5.91 Å². The Morgan fingerprint density at radius 1 is 0.794 bits per heavy atom. The van der Waals surface area contributed by atoms with Crippen molar-refractivity contribution < 1.29 is 9.53 Å². The van der Waals surface area contributed by atoms with Crippen molar-refractivity contribution in [3.63, 3.8) is 0 Å². The van der Waals surface area contributed by atoms with Gasteiger partial charge in [-0.05, 0) is 47.4 Å². The number of nitrogens with one attached hydrogen (secondary N) is 2. The molecule has 0 fully saturated rings. The Labute approximate surface area is 200 Å². The number of nitrogens with zero attached hydrogens (tertiary/aromatic N) is 2. The van der Waals surface area contributed by atoms with Crippen molar-refractivity contribution in [3.05, 3.63) is 108 Å². The third kappa shape index (κ3) is 6.42. The molecule has 6 heteroatoms. The van der Waals surface area contributed by atoms with Gasteiger partial charge in [0, 0.05) is 36.6 Å². The molecule has 1 heterocycles. The molecule has 0 bridgehead atoms. The third-order valence-electron chi connectivity index (χ3n) is 5.27. The van der Waals surface area contributed by atoms with Gasteiger partial charge in [-0.2, -0.15) is 0 Å². The number of benzene rings is 3. The van der Waals surface area contributed by atoms with Crippen molar-refractivity contribution in [1.29, 1.82) is 0 Å². The molecule has 172 valence electrons. The summed E-state index contributed by atoms with van der Waals surface area (Å²) in [6.45, 7) is 3.90. The summed E-state index contributed by atoms with van der Waals surface area (Å²) in [6.07, 6.45) is 4.54. The van der Waals surface area contributed by atoms with Crippen molar-refractivity contribution >= 4 is 11.9 Å². The number of aromatic nitrogens is 2. The standard InChI is InChI=1S/C28H28N4O2/c1-2-16-34-26-14-8-22(9-15-26)17-29-27(33)24-12-10-23(11-13-24)25-19-31-28(32-20-25)30-18-21-6-4-3-5-7-21/h3-15,19-20H,2,16-18H2,1H3,(H,29,33)(H,30,31,32). The molecule has 2 N–H and O–H groups in total. The van der Waals surface area contributed by atoms with Crippen LogP contribution in [0, 0.1) is 0 Å². The molecule has 0 radical (unpaired) electrons. The Kier molecular flexibility index (Phi) is 7.85. The average molecular weight is 453 g/mol. The number of carbonyl (C=O) groups is 1. The summed E-state index contributed by atoms with van der Waals surface area (Å²) in [7, 11) is 0. The number of hydrogen-bond acceptors (Lipinski definition) is 5. The fourth-order valence-corrected chi connectivity index (χ4v) is 3.37. The first-order chi connectivity index (χ1) is 16.7. The highest BCUT2D eigenvalue weighted by Gasteiger charge is 2.07. The lowest BCUT2D eigenvalue weighted by atomic mass is 10.1. The van der Waals surface area contributed by atoms with E-state index in [1.54, 1.807) is 12.4 Å². The van der Waals surface area contributed by atoms with E-state index in [0.29, 0.717) is 31.2 Å². The fraction of sp³-hybridized carbons (Fsp3) is 0.179. The zero-order valence-electron chi connectivity index (χ0n) is 19.2. The Balaban J connectivity index is 1.29. The predicted molar refractivity (Wildman–Crippen MR) is 135 cm³/mol. The van der Waals surface area contributed by atoms with Crippen LogP contribution in [-0.2, 0) is 13.1 Å². The minimum atomic E-state index is -0.116. The number of ether oxygens (including phenoxy) is 1. The van der Waals surface area contributed by atoms with Crippen LogP contribution in [0.1, 0.15) is 34.8 Å². The van der Waals surface area contributed by atoms with E-state index in [2.05, 4.69) is 39.7 Å². The maximum Gasteiger partial charge on any atom is 0.251 e. The molecular weight excluding hydrogens is 424 g/mol. The summed E-state index contributed by atoms with van der Waals surface area (Å²) >= 11 is 0. The highest BCUT2D eigenvalue weighted by molar-refractivity contribution is 5.94. The van der Waals surface area contributed by atoms with Crippen LogP contribution in [0.25, 0.3) is 11.1 Å². The van der Waals surface area contributed by atoms with Gasteiger partial charge in [0.05, 0.1) is 6.61 Å². The molecule has 0 aliphatic carbocycles. The van der Waals surface area contributed by atoms with Gasteiger partial charge < -0.3 is 15.4 Å². The van der Waals surface area contributed by atoms with E-state index in [9.17, 15) is 4.79 Å². The molecule has 0 spiro atoms. The molecule has 6 nitrogen and oxygen atoms in total. The van der Waals surface area contributed by atoms with Gasteiger partial charge >= 0.3 is 0 Å². The fourth-order valence-electron chi connectivity index (χ4n) is 3.37. The van der Waals surface area contributed by atoms with Crippen LogP contribution in [0.15, 0.2) is 91.3 Å². The lowest BCUT2D eigenvalue weighted by Crippen LogP contribution is -2.22. The monoisotopic (exact) mass is 452 g/mol. The van der Waals surface area contributed by atoms with E-state index < -0.39 is 0 Å². The van der Waals surface area contributed by atoms with Crippen LogP contribution in [-0.4, -0.2) is 22.5 Å². The highest BCUT2D eigenvalue weighted by atomic mass is 16.5. The number of rotatable bonds is 10. The first-order valence-corrected chi connectivity index (χ1v) is 11.4.